The van der Waals surface area contributed by atoms with E-state index in [1.807, 2.05) is 37.6 Å². The van der Waals surface area contributed by atoms with Crippen LogP contribution in [0, 0.1) is 6.92 Å². The van der Waals surface area contributed by atoms with Crippen molar-refractivity contribution in [1.29, 1.82) is 0 Å². The van der Waals surface area contributed by atoms with Gasteiger partial charge >= 0.3 is 0 Å². The van der Waals surface area contributed by atoms with Crippen LogP contribution in [0.2, 0.25) is 0 Å². The molecule has 104 valence electrons. The Labute approximate surface area is 122 Å². The van der Waals surface area contributed by atoms with E-state index in [2.05, 4.69) is 27.5 Å². The van der Waals surface area contributed by atoms with E-state index in [-0.39, 0.29) is 0 Å². The maximum Gasteiger partial charge on any atom is 0.211 e. The van der Waals surface area contributed by atoms with E-state index in [9.17, 15) is 4.79 Å². The fraction of sp³-hybridized carbons (Fsp3) is 0.429. The molecule has 4 nitrogen and oxygen atoms in total. The van der Waals surface area contributed by atoms with Crippen molar-refractivity contribution in [2.75, 3.05) is 6.54 Å². The number of hydrogen-bond donors (Lipinski definition) is 0. The van der Waals surface area contributed by atoms with Gasteiger partial charge in [0.05, 0.1) is 6.67 Å². The third-order valence-corrected chi connectivity index (χ3v) is 3.25. The lowest BCUT2D eigenvalue weighted by atomic mass is 10.3. The Morgan fingerprint density at radius 3 is 2.79 bits per heavy atom. The van der Waals surface area contributed by atoms with Crippen LogP contribution < -0.4 is 5.49 Å². The molecule has 0 unspecified atom stereocenters. The van der Waals surface area contributed by atoms with E-state index in [1.54, 1.807) is 4.90 Å². The standard InChI is InChI=1S/C14H20BrN3O/c1-5-12(4)16-14-11(3)7-13(15)8-18(14)9-17(6-2)10-19/h7-8,10H,4-6,9H2,1-3H3. The molecule has 0 aromatic carbocycles. The van der Waals surface area contributed by atoms with Crippen LogP contribution in [0.15, 0.2) is 34.0 Å². The Morgan fingerprint density at radius 1 is 1.58 bits per heavy atom. The number of rotatable bonds is 6. The fourth-order valence-corrected chi connectivity index (χ4v) is 2.23. The summed E-state index contributed by atoms with van der Waals surface area (Å²) in [6.45, 7) is 11.0. The van der Waals surface area contributed by atoms with E-state index in [1.165, 1.54) is 0 Å². The largest absolute Gasteiger partial charge is 0.327 e. The summed E-state index contributed by atoms with van der Waals surface area (Å²) in [7, 11) is 0. The van der Waals surface area contributed by atoms with E-state index in [0.29, 0.717) is 13.2 Å². The van der Waals surface area contributed by atoms with Gasteiger partial charge in [-0.3, -0.25) is 4.79 Å². The fourth-order valence-electron chi connectivity index (χ4n) is 1.64. The van der Waals surface area contributed by atoms with Crippen molar-refractivity contribution in [2.24, 2.45) is 4.99 Å². The van der Waals surface area contributed by atoms with Gasteiger partial charge in [0.15, 0.2) is 0 Å². The number of aryl methyl sites for hydroxylation is 1. The van der Waals surface area contributed by atoms with Crippen LogP contribution in [0.5, 0.6) is 0 Å². The summed E-state index contributed by atoms with van der Waals surface area (Å²) in [5.41, 5.74) is 2.72. The Hall–Kier alpha value is -1.36. The zero-order chi connectivity index (χ0) is 14.4. The first-order valence-corrected chi connectivity index (χ1v) is 7.09. The molecule has 0 spiro atoms. The minimum atomic E-state index is 0.482. The van der Waals surface area contributed by atoms with Crippen molar-refractivity contribution in [3.05, 3.63) is 40.1 Å². The van der Waals surface area contributed by atoms with E-state index < -0.39 is 0 Å². The molecule has 1 aromatic heterocycles. The summed E-state index contributed by atoms with van der Waals surface area (Å²) in [6, 6.07) is 2.01. The first-order valence-electron chi connectivity index (χ1n) is 6.30. The van der Waals surface area contributed by atoms with Crippen LogP contribution in [0.25, 0.3) is 0 Å². The van der Waals surface area contributed by atoms with Gasteiger partial charge in [0.2, 0.25) is 6.41 Å². The van der Waals surface area contributed by atoms with Crippen molar-refractivity contribution in [3.63, 3.8) is 0 Å². The molecule has 0 aliphatic rings. The van der Waals surface area contributed by atoms with Crippen LogP contribution in [0.3, 0.4) is 0 Å². The molecule has 1 aromatic rings. The Morgan fingerprint density at radius 2 is 2.26 bits per heavy atom. The van der Waals surface area contributed by atoms with Gasteiger partial charge in [0, 0.05) is 22.9 Å². The zero-order valence-corrected chi connectivity index (χ0v) is 13.3. The number of aromatic nitrogens is 1. The SMILES string of the molecule is C=C(CC)N=c1c(C)cc(Br)cn1CN(C=O)CC. The summed E-state index contributed by atoms with van der Waals surface area (Å²) in [6.07, 6.45) is 3.59. The summed E-state index contributed by atoms with van der Waals surface area (Å²) in [5, 5.41) is 0. The number of halogens is 1. The van der Waals surface area contributed by atoms with Gasteiger partial charge in [-0.1, -0.05) is 13.5 Å². The molecule has 0 N–H and O–H groups in total. The molecule has 0 atom stereocenters. The third-order valence-electron chi connectivity index (χ3n) is 2.82. The number of carbonyl (C=O) groups excluding carboxylic acids is 1. The van der Waals surface area contributed by atoms with Crippen LogP contribution in [0.1, 0.15) is 25.8 Å². The molecular weight excluding hydrogens is 306 g/mol. The highest BCUT2D eigenvalue weighted by Gasteiger charge is 2.04. The molecule has 0 fully saturated rings. The van der Waals surface area contributed by atoms with E-state index in [4.69, 9.17) is 0 Å². The van der Waals surface area contributed by atoms with Gasteiger partial charge in [0.1, 0.15) is 5.49 Å². The van der Waals surface area contributed by atoms with Crippen molar-refractivity contribution >= 4 is 22.3 Å². The number of pyridine rings is 1. The summed E-state index contributed by atoms with van der Waals surface area (Å²) >= 11 is 3.47. The smallest absolute Gasteiger partial charge is 0.211 e. The van der Waals surface area contributed by atoms with Crippen LogP contribution in [-0.2, 0) is 11.5 Å². The van der Waals surface area contributed by atoms with Gasteiger partial charge in [-0.25, -0.2) is 4.99 Å². The highest BCUT2D eigenvalue weighted by atomic mass is 79.9. The topological polar surface area (TPSA) is 37.6 Å². The van der Waals surface area contributed by atoms with Crippen molar-refractivity contribution in [3.8, 4) is 0 Å². The van der Waals surface area contributed by atoms with Crippen molar-refractivity contribution < 1.29 is 4.79 Å². The molecule has 0 saturated heterocycles. The number of allylic oxidation sites excluding steroid dienone is 1. The molecule has 0 aliphatic carbocycles. The molecule has 5 heteroatoms. The van der Waals surface area contributed by atoms with Gasteiger partial charge in [-0.15, -0.1) is 0 Å². The number of amides is 1. The van der Waals surface area contributed by atoms with Gasteiger partial charge < -0.3 is 9.47 Å². The quantitative estimate of drug-likeness (QED) is 0.741. The average Bonchev–Trinajstić information content (AvgIpc) is 2.39. The van der Waals surface area contributed by atoms with E-state index >= 15 is 0 Å². The van der Waals surface area contributed by atoms with Crippen molar-refractivity contribution in [2.45, 2.75) is 33.9 Å². The molecule has 0 saturated carbocycles. The predicted molar refractivity (Wildman–Crippen MR) is 80.3 cm³/mol. The number of nitrogens with zero attached hydrogens (tertiary/aromatic N) is 3. The highest BCUT2D eigenvalue weighted by molar-refractivity contribution is 9.10. The van der Waals surface area contributed by atoms with E-state index in [0.717, 1.165) is 34.1 Å². The zero-order valence-electron chi connectivity index (χ0n) is 11.7. The molecule has 19 heavy (non-hydrogen) atoms. The first kappa shape index (κ1) is 15.7. The van der Waals surface area contributed by atoms with Gasteiger partial charge in [-0.2, -0.15) is 0 Å². The van der Waals surface area contributed by atoms with Gasteiger partial charge in [-0.05, 0) is 47.8 Å². The molecule has 1 heterocycles. The first-order chi connectivity index (χ1) is 9.01. The average molecular weight is 326 g/mol. The number of hydrogen-bond acceptors (Lipinski definition) is 2. The Bertz CT molecular complexity index is 534. The second-order valence-corrected chi connectivity index (χ2v) is 5.23. The highest BCUT2D eigenvalue weighted by Crippen LogP contribution is 2.09. The third kappa shape index (κ3) is 4.35. The summed E-state index contributed by atoms with van der Waals surface area (Å²) < 4.78 is 2.92. The van der Waals surface area contributed by atoms with Gasteiger partial charge in [0.25, 0.3) is 0 Å². The minimum Gasteiger partial charge on any atom is -0.327 e. The van der Waals surface area contributed by atoms with Crippen LogP contribution >= 0.6 is 15.9 Å². The second kappa shape index (κ2) is 7.28. The monoisotopic (exact) mass is 325 g/mol. The molecule has 1 amide bonds. The summed E-state index contributed by atoms with van der Waals surface area (Å²) in [4.78, 5) is 17.2. The normalized spacial score (nSPS) is 11.5. The lowest BCUT2D eigenvalue weighted by Crippen LogP contribution is -2.33. The Balaban J connectivity index is 3.31. The lowest BCUT2D eigenvalue weighted by molar-refractivity contribution is -0.119. The minimum absolute atomic E-state index is 0.482. The predicted octanol–water partition coefficient (Wildman–Crippen LogP) is 2.82. The molecular formula is C14H20BrN3O. The van der Waals surface area contributed by atoms with Crippen LogP contribution in [-0.4, -0.2) is 22.4 Å². The summed E-state index contributed by atoms with van der Waals surface area (Å²) in [5.74, 6) is 0. The maximum absolute atomic E-state index is 11.0. The Kier molecular flexibility index (Phi) is 6.02. The van der Waals surface area contributed by atoms with Crippen LogP contribution in [0.4, 0.5) is 0 Å². The molecule has 0 aliphatic heterocycles. The number of carbonyl (C=O) groups is 1. The second-order valence-electron chi connectivity index (χ2n) is 4.32. The van der Waals surface area contributed by atoms with Crippen molar-refractivity contribution in [1.82, 2.24) is 9.47 Å². The maximum atomic E-state index is 11.0. The molecule has 0 radical (unpaired) electrons. The molecule has 0 bridgehead atoms. The lowest BCUT2D eigenvalue weighted by Gasteiger charge is -2.18. The molecule has 1 rings (SSSR count).